The average Bonchev–Trinajstić information content (AvgIpc) is 2.36. The summed E-state index contributed by atoms with van der Waals surface area (Å²) in [5, 5.41) is 2.10. The average molecular weight is 280 g/mol. The van der Waals surface area contributed by atoms with Crippen molar-refractivity contribution in [3.05, 3.63) is 30.1 Å². The summed E-state index contributed by atoms with van der Waals surface area (Å²) in [7, 11) is 0. The van der Waals surface area contributed by atoms with E-state index in [-0.39, 0.29) is 18.8 Å². The lowest BCUT2D eigenvalue weighted by Gasteiger charge is -2.28. The third-order valence-electron chi connectivity index (χ3n) is 2.72. The van der Waals surface area contributed by atoms with E-state index in [1.165, 1.54) is 25.1 Å². The predicted molar refractivity (Wildman–Crippen MR) is 66.2 cm³/mol. The van der Waals surface area contributed by atoms with Crippen molar-refractivity contribution < 1.29 is 23.5 Å². The van der Waals surface area contributed by atoms with Crippen molar-refractivity contribution >= 4 is 17.7 Å². The Kier molecular flexibility index (Phi) is 3.97. The van der Waals surface area contributed by atoms with Crippen LogP contribution in [0.5, 0.6) is 5.75 Å². The molecule has 1 aliphatic heterocycles. The van der Waals surface area contributed by atoms with Gasteiger partial charge >= 0.3 is 0 Å². The summed E-state index contributed by atoms with van der Waals surface area (Å²) in [6.45, 7) is 1.09. The Labute approximate surface area is 114 Å². The molecule has 7 heteroatoms. The zero-order chi connectivity index (χ0) is 14.7. The highest BCUT2D eigenvalue weighted by molar-refractivity contribution is 6.02. The summed E-state index contributed by atoms with van der Waals surface area (Å²) in [6.07, 6.45) is -0.921. The Bertz CT molecular complexity index is 545. The van der Waals surface area contributed by atoms with Crippen molar-refractivity contribution in [1.82, 2.24) is 10.2 Å². The number of nitrogens with zero attached hydrogens (tertiary/aromatic N) is 1. The van der Waals surface area contributed by atoms with E-state index in [0.29, 0.717) is 0 Å². The Morgan fingerprint density at radius 2 is 2.00 bits per heavy atom. The van der Waals surface area contributed by atoms with Crippen molar-refractivity contribution in [3.63, 3.8) is 0 Å². The number of hydrogen-bond donors (Lipinski definition) is 1. The Morgan fingerprint density at radius 3 is 2.60 bits per heavy atom. The van der Waals surface area contributed by atoms with Gasteiger partial charge in [-0.15, -0.1) is 0 Å². The molecule has 0 spiro atoms. The molecule has 0 aromatic heterocycles. The topological polar surface area (TPSA) is 75.7 Å². The molecule has 0 saturated carbocycles. The van der Waals surface area contributed by atoms with Gasteiger partial charge in [-0.3, -0.25) is 19.7 Å². The van der Waals surface area contributed by atoms with Gasteiger partial charge in [-0.05, 0) is 19.1 Å². The van der Waals surface area contributed by atoms with Gasteiger partial charge in [0.2, 0.25) is 11.8 Å². The van der Waals surface area contributed by atoms with Crippen molar-refractivity contribution in [2.24, 2.45) is 0 Å². The molecule has 2 rings (SSSR count). The minimum absolute atomic E-state index is 0.193. The molecular formula is C13H13FN2O4. The minimum Gasteiger partial charge on any atom is -0.481 e. The molecule has 106 valence electrons. The van der Waals surface area contributed by atoms with Crippen LogP contribution < -0.4 is 10.1 Å². The van der Waals surface area contributed by atoms with Crippen LogP contribution >= 0.6 is 0 Å². The molecule has 3 amide bonds. The smallest absolute Gasteiger partial charge is 0.264 e. The lowest BCUT2D eigenvalue weighted by atomic mass is 10.2. The van der Waals surface area contributed by atoms with Gasteiger partial charge in [0.15, 0.2) is 6.10 Å². The molecule has 1 unspecified atom stereocenters. The number of rotatable bonds is 3. The van der Waals surface area contributed by atoms with Crippen LogP contribution in [0, 0.1) is 5.82 Å². The molecule has 1 atom stereocenters. The number of amides is 3. The lowest BCUT2D eigenvalue weighted by molar-refractivity contribution is -0.148. The SMILES string of the molecule is CC(Oc1cccc(F)c1)C(=O)N1CC(=O)NC(=O)C1. The van der Waals surface area contributed by atoms with Crippen LogP contribution in [-0.2, 0) is 14.4 Å². The van der Waals surface area contributed by atoms with E-state index in [2.05, 4.69) is 5.32 Å². The van der Waals surface area contributed by atoms with Gasteiger partial charge in [-0.25, -0.2) is 4.39 Å². The van der Waals surface area contributed by atoms with Crippen LogP contribution in [-0.4, -0.2) is 41.8 Å². The van der Waals surface area contributed by atoms with Crippen LogP contribution in [0.1, 0.15) is 6.92 Å². The molecule has 0 bridgehead atoms. The summed E-state index contributed by atoms with van der Waals surface area (Å²) in [4.78, 5) is 35.6. The van der Waals surface area contributed by atoms with Crippen molar-refractivity contribution in [3.8, 4) is 5.75 Å². The third kappa shape index (κ3) is 3.31. The van der Waals surface area contributed by atoms with E-state index in [0.717, 1.165) is 11.0 Å². The molecule has 1 saturated heterocycles. The molecule has 20 heavy (non-hydrogen) atoms. The highest BCUT2D eigenvalue weighted by Crippen LogP contribution is 2.15. The molecular weight excluding hydrogens is 267 g/mol. The van der Waals surface area contributed by atoms with Gasteiger partial charge in [-0.2, -0.15) is 0 Å². The van der Waals surface area contributed by atoms with E-state index in [4.69, 9.17) is 4.74 Å². The highest BCUT2D eigenvalue weighted by atomic mass is 19.1. The number of hydrogen-bond acceptors (Lipinski definition) is 4. The van der Waals surface area contributed by atoms with Crippen molar-refractivity contribution in [2.45, 2.75) is 13.0 Å². The first kappa shape index (κ1) is 14.0. The Balaban J connectivity index is 2.01. The quantitative estimate of drug-likeness (QED) is 0.795. The number of carbonyl (C=O) groups is 3. The maximum atomic E-state index is 13.0. The summed E-state index contributed by atoms with van der Waals surface area (Å²) < 4.78 is 18.3. The number of halogens is 1. The Morgan fingerprint density at radius 1 is 1.35 bits per heavy atom. The summed E-state index contributed by atoms with van der Waals surface area (Å²) >= 11 is 0. The fourth-order valence-electron chi connectivity index (χ4n) is 1.84. The molecule has 0 radical (unpaired) electrons. The predicted octanol–water partition coefficient (Wildman–Crippen LogP) is 0.0780. The largest absolute Gasteiger partial charge is 0.481 e. The van der Waals surface area contributed by atoms with Crippen LogP contribution in [0.4, 0.5) is 4.39 Å². The number of imide groups is 1. The molecule has 1 aromatic carbocycles. The van der Waals surface area contributed by atoms with Crippen LogP contribution in [0.15, 0.2) is 24.3 Å². The van der Waals surface area contributed by atoms with Gasteiger partial charge in [0.25, 0.3) is 5.91 Å². The second-order valence-corrected chi connectivity index (χ2v) is 4.38. The maximum Gasteiger partial charge on any atom is 0.264 e. The van der Waals surface area contributed by atoms with E-state index in [1.807, 2.05) is 0 Å². The lowest BCUT2D eigenvalue weighted by Crippen LogP contribution is -2.55. The first-order chi connectivity index (χ1) is 9.45. The van der Waals surface area contributed by atoms with Crippen LogP contribution in [0.3, 0.4) is 0 Å². The van der Waals surface area contributed by atoms with Gasteiger partial charge in [-0.1, -0.05) is 6.07 Å². The first-order valence-electron chi connectivity index (χ1n) is 5.99. The van der Waals surface area contributed by atoms with Crippen LogP contribution in [0.25, 0.3) is 0 Å². The number of piperazine rings is 1. The van der Waals surface area contributed by atoms with Crippen LogP contribution in [0.2, 0.25) is 0 Å². The molecule has 1 fully saturated rings. The third-order valence-corrected chi connectivity index (χ3v) is 2.72. The number of benzene rings is 1. The molecule has 1 N–H and O–H groups in total. The van der Waals surface area contributed by atoms with E-state index in [1.54, 1.807) is 0 Å². The number of carbonyl (C=O) groups excluding carboxylic acids is 3. The van der Waals surface area contributed by atoms with Gasteiger partial charge < -0.3 is 9.64 Å². The fourth-order valence-corrected chi connectivity index (χ4v) is 1.84. The van der Waals surface area contributed by atoms with Gasteiger partial charge in [0.1, 0.15) is 24.7 Å². The normalized spacial score (nSPS) is 16.6. The number of ether oxygens (including phenoxy) is 1. The zero-order valence-electron chi connectivity index (χ0n) is 10.8. The minimum atomic E-state index is -0.921. The maximum absolute atomic E-state index is 13.0. The molecule has 1 aromatic rings. The van der Waals surface area contributed by atoms with E-state index < -0.39 is 29.6 Å². The first-order valence-corrected chi connectivity index (χ1v) is 5.99. The standard InChI is InChI=1S/C13H13FN2O4/c1-8(20-10-4-2-3-9(14)5-10)13(19)16-6-11(17)15-12(18)7-16/h2-5,8H,6-7H2,1H3,(H,15,17,18). The molecule has 6 nitrogen and oxygen atoms in total. The second kappa shape index (κ2) is 5.68. The molecule has 0 aliphatic carbocycles. The van der Waals surface area contributed by atoms with E-state index in [9.17, 15) is 18.8 Å². The van der Waals surface area contributed by atoms with Crippen molar-refractivity contribution in [2.75, 3.05) is 13.1 Å². The monoisotopic (exact) mass is 280 g/mol. The molecule has 1 aliphatic rings. The summed E-state index contributed by atoms with van der Waals surface area (Å²) in [5.74, 6) is -1.84. The fraction of sp³-hybridized carbons (Fsp3) is 0.308. The van der Waals surface area contributed by atoms with Gasteiger partial charge in [0, 0.05) is 6.07 Å². The second-order valence-electron chi connectivity index (χ2n) is 4.38. The van der Waals surface area contributed by atoms with E-state index >= 15 is 0 Å². The zero-order valence-corrected chi connectivity index (χ0v) is 10.8. The number of nitrogens with one attached hydrogen (secondary N) is 1. The Hall–Kier alpha value is -2.44. The summed E-state index contributed by atoms with van der Waals surface area (Å²) in [6, 6.07) is 5.38. The molecule has 1 heterocycles. The van der Waals surface area contributed by atoms with Crippen molar-refractivity contribution in [1.29, 1.82) is 0 Å². The highest BCUT2D eigenvalue weighted by Gasteiger charge is 2.30. The van der Waals surface area contributed by atoms with Gasteiger partial charge in [0.05, 0.1) is 0 Å². The summed E-state index contributed by atoms with van der Waals surface area (Å²) in [5.41, 5.74) is 0.